The highest BCUT2D eigenvalue weighted by Crippen LogP contribution is 2.27. The number of carbonyl (C=O) groups is 1. The average molecular weight is 433 g/mol. The van der Waals surface area contributed by atoms with E-state index in [-0.39, 0.29) is 4.90 Å². The molecular weight excluding hydrogens is 412 g/mol. The predicted octanol–water partition coefficient (Wildman–Crippen LogP) is 3.17. The zero-order valence-corrected chi connectivity index (χ0v) is 17.2. The van der Waals surface area contributed by atoms with Crippen LogP contribution in [0.5, 0.6) is 0 Å². The Hall–Kier alpha value is -2.68. The van der Waals surface area contributed by atoms with Crippen molar-refractivity contribution in [1.29, 1.82) is 0 Å². The molecule has 1 heterocycles. The quantitative estimate of drug-likeness (QED) is 0.610. The number of urea groups is 1. The van der Waals surface area contributed by atoms with E-state index < -0.39 is 27.0 Å². The molecule has 2 amide bonds. The molecular formula is C20H21ClN4O3S. The monoisotopic (exact) mass is 432 g/mol. The molecule has 2 unspecified atom stereocenters. The van der Waals surface area contributed by atoms with Gasteiger partial charge in [0.15, 0.2) is 0 Å². The second-order valence-corrected chi connectivity index (χ2v) is 9.22. The summed E-state index contributed by atoms with van der Waals surface area (Å²) in [5, 5.41) is 5.36. The molecule has 0 aliphatic heterocycles. The van der Waals surface area contributed by atoms with Gasteiger partial charge in [-0.2, -0.15) is 0 Å². The Morgan fingerprint density at radius 2 is 1.97 bits per heavy atom. The van der Waals surface area contributed by atoms with E-state index in [1.807, 2.05) is 6.07 Å². The highest BCUT2D eigenvalue weighted by atomic mass is 35.5. The highest BCUT2D eigenvalue weighted by Gasteiger charge is 2.32. The number of hydrogen-bond acceptors (Lipinski definition) is 4. The average Bonchev–Trinajstić information content (AvgIpc) is 2.69. The van der Waals surface area contributed by atoms with Gasteiger partial charge in [0.25, 0.3) is 0 Å². The van der Waals surface area contributed by atoms with Crippen molar-refractivity contribution in [2.75, 3.05) is 5.32 Å². The zero-order chi connectivity index (χ0) is 20.9. The van der Waals surface area contributed by atoms with Gasteiger partial charge in [0.1, 0.15) is 0 Å². The van der Waals surface area contributed by atoms with Gasteiger partial charge in [-0.1, -0.05) is 30.4 Å². The van der Waals surface area contributed by atoms with Crippen LogP contribution in [0.15, 0.2) is 78.0 Å². The number of hydrogen-bond donors (Lipinski definition) is 3. The van der Waals surface area contributed by atoms with Gasteiger partial charge >= 0.3 is 6.03 Å². The Morgan fingerprint density at radius 1 is 1.21 bits per heavy atom. The number of rotatable bonds is 6. The minimum Gasteiger partial charge on any atom is -0.334 e. The molecule has 1 aliphatic carbocycles. The summed E-state index contributed by atoms with van der Waals surface area (Å²) in [6.07, 6.45) is 10.3. The van der Waals surface area contributed by atoms with Crippen LogP contribution in [0.25, 0.3) is 0 Å². The highest BCUT2D eigenvalue weighted by molar-refractivity contribution is 7.89. The summed E-state index contributed by atoms with van der Waals surface area (Å²) in [5.41, 5.74) is 1.34. The number of benzene rings is 1. The van der Waals surface area contributed by atoms with E-state index in [1.54, 1.807) is 49.7 Å². The van der Waals surface area contributed by atoms with Crippen LogP contribution in [0.2, 0.25) is 0 Å². The zero-order valence-electron chi connectivity index (χ0n) is 15.7. The normalized spacial score (nSPS) is 21.0. The molecule has 1 aromatic carbocycles. The van der Waals surface area contributed by atoms with Crippen molar-refractivity contribution in [1.82, 2.24) is 15.0 Å². The number of pyridine rings is 1. The van der Waals surface area contributed by atoms with Crippen LogP contribution in [-0.2, 0) is 16.6 Å². The molecule has 3 N–H and O–H groups in total. The number of alkyl halides is 1. The van der Waals surface area contributed by atoms with E-state index >= 15 is 0 Å². The fraction of sp³-hybridized carbons (Fsp3) is 0.200. The Morgan fingerprint density at radius 3 is 2.62 bits per heavy atom. The van der Waals surface area contributed by atoms with Crippen molar-refractivity contribution in [3.8, 4) is 0 Å². The minimum absolute atomic E-state index is 0.0780. The first kappa shape index (κ1) is 21.0. The number of nitrogens with zero attached hydrogens (tertiary/aromatic N) is 1. The minimum atomic E-state index is -3.78. The van der Waals surface area contributed by atoms with Gasteiger partial charge in [0.2, 0.25) is 10.0 Å². The fourth-order valence-electron chi connectivity index (χ4n) is 2.68. The summed E-state index contributed by atoms with van der Waals surface area (Å²) in [6, 6.07) is 8.55. The maximum Gasteiger partial charge on any atom is 0.319 e. The Labute approximate surface area is 174 Å². The summed E-state index contributed by atoms with van der Waals surface area (Å²) in [5.74, 6) is 0. The molecule has 29 heavy (non-hydrogen) atoms. The van der Waals surface area contributed by atoms with E-state index in [9.17, 15) is 13.2 Å². The lowest BCUT2D eigenvalue weighted by Crippen LogP contribution is -2.46. The lowest BCUT2D eigenvalue weighted by atomic mass is 9.97. The van der Waals surface area contributed by atoms with Gasteiger partial charge in [-0.15, -0.1) is 11.6 Å². The second kappa shape index (κ2) is 8.77. The van der Waals surface area contributed by atoms with Crippen molar-refractivity contribution in [3.63, 3.8) is 0 Å². The van der Waals surface area contributed by atoms with E-state index in [0.29, 0.717) is 12.2 Å². The summed E-state index contributed by atoms with van der Waals surface area (Å²) in [7, 11) is -3.78. The molecule has 0 spiro atoms. The maximum atomic E-state index is 12.6. The summed E-state index contributed by atoms with van der Waals surface area (Å²) in [4.78, 5) is 15.2. The fourth-order valence-corrected chi connectivity index (χ4v) is 4.23. The van der Waals surface area contributed by atoms with Crippen LogP contribution in [0, 0.1) is 0 Å². The standard InChI is InChI=1S/C20H21ClN4O3S/c1-20(21)11-3-2-6-18(20)25-29(27,28)17-9-7-16(8-10-17)24-19(26)23-14-15-5-4-12-22-13-15/h2-13,18,25H,14H2,1H3,(H2,23,24,26). The van der Waals surface area contributed by atoms with Crippen molar-refractivity contribution < 1.29 is 13.2 Å². The van der Waals surface area contributed by atoms with Crippen LogP contribution in [0.1, 0.15) is 12.5 Å². The molecule has 0 saturated heterocycles. The summed E-state index contributed by atoms with van der Waals surface area (Å²) in [6.45, 7) is 2.06. The van der Waals surface area contributed by atoms with Gasteiger partial charge in [-0.05, 0) is 42.8 Å². The number of allylic oxidation sites excluding steroid dienone is 2. The van der Waals surface area contributed by atoms with Gasteiger partial charge in [-0.3, -0.25) is 4.98 Å². The van der Waals surface area contributed by atoms with Crippen LogP contribution >= 0.6 is 11.6 Å². The molecule has 2 atom stereocenters. The molecule has 0 bridgehead atoms. The number of nitrogens with one attached hydrogen (secondary N) is 3. The smallest absolute Gasteiger partial charge is 0.319 e. The summed E-state index contributed by atoms with van der Waals surface area (Å²) < 4.78 is 27.9. The Bertz CT molecular complexity index is 1020. The SMILES string of the molecule is CC1(Cl)C=CC=CC1NS(=O)(=O)c1ccc(NC(=O)NCc2cccnc2)cc1. The van der Waals surface area contributed by atoms with Gasteiger partial charge in [0, 0.05) is 24.6 Å². The number of aromatic nitrogens is 1. The Kier molecular flexibility index (Phi) is 6.36. The molecule has 9 heteroatoms. The molecule has 1 aliphatic rings. The molecule has 3 rings (SSSR count). The lowest BCUT2D eigenvalue weighted by molar-refractivity contribution is 0.251. The number of anilines is 1. The lowest BCUT2D eigenvalue weighted by Gasteiger charge is -2.29. The van der Waals surface area contributed by atoms with Gasteiger partial charge in [-0.25, -0.2) is 17.9 Å². The van der Waals surface area contributed by atoms with Crippen LogP contribution in [-0.4, -0.2) is 30.3 Å². The van der Waals surface area contributed by atoms with E-state index in [2.05, 4.69) is 20.3 Å². The molecule has 1 aromatic heterocycles. The number of sulfonamides is 1. The first-order valence-electron chi connectivity index (χ1n) is 8.87. The second-order valence-electron chi connectivity index (χ2n) is 6.69. The largest absolute Gasteiger partial charge is 0.334 e. The number of halogens is 1. The van der Waals surface area contributed by atoms with Crippen molar-refractivity contribution in [2.45, 2.75) is 29.3 Å². The maximum absolute atomic E-state index is 12.6. The van der Waals surface area contributed by atoms with Crippen LogP contribution < -0.4 is 15.4 Å². The first-order valence-corrected chi connectivity index (χ1v) is 10.7. The molecule has 0 radical (unpaired) electrons. The van der Waals surface area contributed by atoms with Gasteiger partial charge < -0.3 is 10.6 Å². The third-order valence-corrected chi connectivity index (χ3v) is 6.14. The van der Waals surface area contributed by atoms with Gasteiger partial charge in [0.05, 0.1) is 15.8 Å². The number of amides is 2. The van der Waals surface area contributed by atoms with Crippen molar-refractivity contribution in [3.05, 3.63) is 78.7 Å². The molecule has 7 nitrogen and oxygen atoms in total. The van der Waals surface area contributed by atoms with E-state index in [4.69, 9.17) is 11.6 Å². The van der Waals surface area contributed by atoms with E-state index in [1.165, 1.54) is 24.3 Å². The van der Waals surface area contributed by atoms with Crippen LogP contribution in [0.3, 0.4) is 0 Å². The molecule has 0 fully saturated rings. The molecule has 152 valence electrons. The van der Waals surface area contributed by atoms with E-state index in [0.717, 1.165) is 5.56 Å². The number of carbonyl (C=O) groups excluding carboxylic acids is 1. The third-order valence-electron chi connectivity index (χ3n) is 4.33. The first-order chi connectivity index (χ1) is 13.8. The van der Waals surface area contributed by atoms with Crippen LogP contribution in [0.4, 0.5) is 10.5 Å². The summed E-state index contributed by atoms with van der Waals surface area (Å²) >= 11 is 6.36. The predicted molar refractivity (Wildman–Crippen MR) is 113 cm³/mol. The third kappa shape index (κ3) is 5.66. The molecule has 0 saturated carbocycles. The van der Waals surface area contributed by atoms with Crippen molar-refractivity contribution in [2.24, 2.45) is 0 Å². The Balaban J connectivity index is 1.59. The topological polar surface area (TPSA) is 100 Å². The molecule has 2 aromatic rings. The van der Waals surface area contributed by atoms with Crippen molar-refractivity contribution >= 4 is 33.3 Å².